The van der Waals surface area contributed by atoms with Crippen molar-refractivity contribution < 1.29 is 14.5 Å². The number of halogens is 2. The van der Waals surface area contributed by atoms with E-state index in [4.69, 9.17) is 16.3 Å². The average molecular weight is 364 g/mol. The van der Waals surface area contributed by atoms with Gasteiger partial charge in [0.25, 0.3) is 5.69 Å². The van der Waals surface area contributed by atoms with Gasteiger partial charge < -0.3 is 15.0 Å². The molecule has 128 valence electrons. The molecule has 23 heavy (non-hydrogen) atoms. The van der Waals surface area contributed by atoms with Crippen LogP contribution in [0.2, 0.25) is 5.02 Å². The summed E-state index contributed by atoms with van der Waals surface area (Å²) in [6.07, 6.45) is 0.322. The summed E-state index contributed by atoms with van der Waals surface area (Å²) in [6, 6.07) is 4.22. The van der Waals surface area contributed by atoms with Crippen LogP contribution in [0.25, 0.3) is 0 Å². The predicted molar refractivity (Wildman–Crippen MR) is 89.1 cm³/mol. The minimum Gasteiger partial charge on any atom is -0.378 e. The number of nitrogens with one attached hydrogen (secondary N) is 1. The zero-order valence-corrected chi connectivity index (χ0v) is 14.2. The van der Waals surface area contributed by atoms with E-state index in [2.05, 4.69) is 5.32 Å². The van der Waals surface area contributed by atoms with Crippen LogP contribution in [0.4, 0.5) is 5.69 Å². The number of nitrogens with zero attached hydrogens (tertiary/aromatic N) is 2. The second-order valence-electron chi connectivity index (χ2n) is 5.21. The molecule has 1 aliphatic rings. The van der Waals surface area contributed by atoms with Gasteiger partial charge in [-0.1, -0.05) is 11.6 Å². The summed E-state index contributed by atoms with van der Waals surface area (Å²) < 4.78 is 5.31. The number of nitro groups is 1. The van der Waals surface area contributed by atoms with E-state index in [1.807, 2.05) is 0 Å². The van der Waals surface area contributed by atoms with Crippen LogP contribution in [-0.4, -0.2) is 48.6 Å². The number of benzene rings is 1. The van der Waals surface area contributed by atoms with Crippen LogP contribution in [0, 0.1) is 10.1 Å². The van der Waals surface area contributed by atoms with Gasteiger partial charge >= 0.3 is 0 Å². The van der Waals surface area contributed by atoms with Crippen LogP contribution in [0.3, 0.4) is 0 Å². The number of rotatable bonds is 5. The van der Waals surface area contributed by atoms with Gasteiger partial charge in [-0.3, -0.25) is 14.9 Å². The van der Waals surface area contributed by atoms with Crippen molar-refractivity contribution >= 4 is 35.6 Å². The van der Waals surface area contributed by atoms with Gasteiger partial charge in [-0.25, -0.2) is 0 Å². The molecule has 1 atom stereocenters. The molecule has 1 saturated heterocycles. The summed E-state index contributed by atoms with van der Waals surface area (Å²) >= 11 is 6.05. The Morgan fingerprint density at radius 1 is 1.57 bits per heavy atom. The Morgan fingerprint density at radius 3 is 2.91 bits per heavy atom. The molecule has 1 N–H and O–H groups in total. The highest BCUT2D eigenvalue weighted by molar-refractivity contribution is 6.31. The SMILES string of the molecule is CN(Cc1cc([N+](=O)[O-])ccc1Cl)C(=O)CC1COCCN1.Cl. The second kappa shape index (κ2) is 9.02. The highest BCUT2D eigenvalue weighted by Gasteiger charge is 2.20. The van der Waals surface area contributed by atoms with Gasteiger partial charge in [0.1, 0.15) is 0 Å². The van der Waals surface area contributed by atoms with E-state index in [9.17, 15) is 14.9 Å². The summed E-state index contributed by atoms with van der Waals surface area (Å²) in [5, 5.41) is 14.4. The standard InChI is InChI=1S/C14H18ClN3O4.ClH/c1-17(14(19)7-11-9-22-5-4-16-11)8-10-6-12(18(20)21)2-3-13(10)15;/h2-3,6,11,16H,4-5,7-9H2,1H3;1H. The molecule has 0 saturated carbocycles. The molecular formula is C14H19Cl2N3O4. The van der Waals surface area contributed by atoms with Gasteiger partial charge in [0, 0.05) is 49.8 Å². The summed E-state index contributed by atoms with van der Waals surface area (Å²) in [6.45, 7) is 2.13. The first-order valence-electron chi connectivity index (χ1n) is 6.95. The second-order valence-corrected chi connectivity index (χ2v) is 5.62. The van der Waals surface area contributed by atoms with Gasteiger partial charge in [0.15, 0.2) is 0 Å². The first-order valence-corrected chi connectivity index (χ1v) is 7.33. The molecule has 1 aromatic rings. The summed E-state index contributed by atoms with van der Waals surface area (Å²) in [7, 11) is 1.65. The van der Waals surface area contributed by atoms with Crippen LogP contribution >= 0.6 is 24.0 Å². The number of ether oxygens (including phenoxy) is 1. The normalized spacial score (nSPS) is 17.2. The lowest BCUT2D eigenvalue weighted by molar-refractivity contribution is -0.384. The molecular weight excluding hydrogens is 345 g/mol. The van der Waals surface area contributed by atoms with Crippen LogP contribution in [0.15, 0.2) is 18.2 Å². The first-order chi connectivity index (χ1) is 10.5. The maximum atomic E-state index is 12.2. The van der Waals surface area contributed by atoms with Crippen molar-refractivity contribution in [1.82, 2.24) is 10.2 Å². The van der Waals surface area contributed by atoms with Gasteiger partial charge in [0.2, 0.25) is 5.91 Å². The van der Waals surface area contributed by atoms with Crippen molar-refractivity contribution in [3.63, 3.8) is 0 Å². The lowest BCUT2D eigenvalue weighted by Crippen LogP contribution is -2.44. The van der Waals surface area contributed by atoms with E-state index in [0.717, 1.165) is 6.54 Å². The smallest absolute Gasteiger partial charge is 0.269 e. The monoisotopic (exact) mass is 363 g/mol. The number of morpholine rings is 1. The minimum absolute atomic E-state index is 0. The summed E-state index contributed by atoms with van der Waals surface area (Å²) in [4.78, 5) is 24.0. The van der Waals surface area contributed by atoms with Crippen molar-refractivity contribution in [2.45, 2.75) is 19.0 Å². The van der Waals surface area contributed by atoms with Gasteiger partial charge in [-0.2, -0.15) is 0 Å². The Labute approximate surface area is 145 Å². The highest BCUT2D eigenvalue weighted by Crippen LogP contribution is 2.23. The number of amides is 1. The lowest BCUT2D eigenvalue weighted by atomic mass is 10.1. The van der Waals surface area contributed by atoms with E-state index in [-0.39, 0.29) is 36.6 Å². The fourth-order valence-electron chi connectivity index (χ4n) is 2.26. The van der Waals surface area contributed by atoms with E-state index >= 15 is 0 Å². The fraction of sp³-hybridized carbons (Fsp3) is 0.500. The molecule has 1 aliphatic heterocycles. The van der Waals surface area contributed by atoms with E-state index in [1.165, 1.54) is 23.1 Å². The molecule has 0 bridgehead atoms. The molecule has 2 rings (SSSR count). The van der Waals surface area contributed by atoms with E-state index < -0.39 is 4.92 Å². The molecule has 1 fully saturated rings. The van der Waals surface area contributed by atoms with E-state index in [0.29, 0.717) is 30.2 Å². The Balaban J connectivity index is 0.00000264. The lowest BCUT2D eigenvalue weighted by Gasteiger charge is -2.26. The summed E-state index contributed by atoms with van der Waals surface area (Å²) in [5.74, 6) is -0.0643. The molecule has 1 heterocycles. The Hall–Kier alpha value is -1.41. The number of non-ortho nitro benzene ring substituents is 1. The Kier molecular flexibility index (Phi) is 7.70. The topological polar surface area (TPSA) is 84.7 Å². The quantitative estimate of drug-likeness (QED) is 0.638. The van der Waals surface area contributed by atoms with Gasteiger partial charge in [-0.15, -0.1) is 12.4 Å². The molecule has 0 spiro atoms. The third-order valence-corrected chi connectivity index (χ3v) is 3.86. The molecule has 0 aromatic heterocycles. The number of carbonyl (C=O) groups excluding carboxylic acids is 1. The molecule has 9 heteroatoms. The van der Waals surface area contributed by atoms with Crippen molar-refractivity contribution in [2.75, 3.05) is 26.8 Å². The number of hydrogen-bond donors (Lipinski definition) is 1. The Bertz CT molecular complexity index is 565. The molecule has 1 amide bonds. The Morgan fingerprint density at radius 2 is 2.30 bits per heavy atom. The minimum atomic E-state index is -0.481. The van der Waals surface area contributed by atoms with Crippen molar-refractivity contribution in [1.29, 1.82) is 0 Å². The van der Waals surface area contributed by atoms with Gasteiger partial charge in [-0.05, 0) is 11.6 Å². The maximum Gasteiger partial charge on any atom is 0.269 e. The molecule has 0 radical (unpaired) electrons. The van der Waals surface area contributed by atoms with Crippen molar-refractivity contribution in [3.05, 3.63) is 38.9 Å². The summed E-state index contributed by atoms with van der Waals surface area (Å²) in [5.41, 5.74) is 0.516. The fourth-order valence-corrected chi connectivity index (χ4v) is 2.43. The van der Waals surface area contributed by atoms with E-state index in [1.54, 1.807) is 7.05 Å². The van der Waals surface area contributed by atoms with Gasteiger partial charge in [0.05, 0.1) is 18.1 Å². The average Bonchev–Trinajstić information content (AvgIpc) is 2.50. The van der Waals surface area contributed by atoms with Crippen LogP contribution in [0.5, 0.6) is 0 Å². The maximum absolute atomic E-state index is 12.2. The largest absolute Gasteiger partial charge is 0.378 e. The zero-order chi connectivity index (χ0) is 16.1. The molecule has 0 aliphatic carbocycles. The predicted octanol–water partition coefficient (Wildman–Crippen LogP) is 2.01. The number of nitro benzene ring substituents is 1. The number of hydrogen-bond acceptors (Lipinski definition) is 5. The molecule has 7 nitrogen and oxygen atoms in total. The molecule has 1 aromatic carbocycles. The van der Waals surface area contributed by atoms with Crippen LogP contribution in [-0.2, 0) is 16.1 Å². The van der Waals surface area contributed by atoms with Crippen LogP contribution < -0.4 is 5.32 Å². The van der Waals surface area contributed by atoms with Crippen molar-refractivity contribution in [2.24, 2.45) is 0 Å². The third-order valence-electron chi connectivity index (χ3n) is 3.49. The first kappa shape index (κ1) is 19.6. The van der Waals surface area contributed by atoms with Crippen molar-refractivity contribution in [3.8, 4) is 0 Å². The third kappa shape index (κ3) is 5.62. The van der Waals surface area contributed by atoms with Crippen LogP contribution in [0.1, 0.15) is 12.0 Å². The number of carbonyl (C=O) groups is 1. The molecule has 1 unspecified atom stereocenters. The zero-order valence-electron chi connectivity index (χ0n) is 12.7. The highest BCUT2D eigenvalue weighted by atomic mass is 35.5.